The molecule has 0 aromatic heterocycles. The smallest absolute Gasteiger partial charge is 0.375 e. The number of nitrogens with one attached hydrogen (secondary N) is 1. The summed E-state index contributed by atoms with van der Waals surface area (Å²) in [7, 11) is 0. The molecule has 0 saturated heterocycles. The molecule has 22 heavy (non-hydrogen) atoms. The van der Waals surface area contributed by atoms with Crippen LogP contribution in [0.1, 0.15) is 38.3 Å². The number of halogens is 3. The third-order valence-corrected chi connectivity index (χ3v) is 3.66. The van der Waals surface area contributed by atoms with E-state index in [2.05, 4.69) is 5.32 Å². The highest BCUT2D eigenvalue weighted by Gasteiger charge is 2.52. The summed E-state index contributed by atoms with van der Waals surface area (Å²) in [6, 6.07) is 3.19. The number of aliphatic hydroxyl groups is 1. The Morgan fingerprint density at radius 2 is 1.86 bits per heavy atom. The number of alkyl halides is 3. The SMILES string of the molecule is CC(C)(C)C(=O)C[C@]1(O)C(=O)Nc2cccc(C(F)(F)F)c21. The highest BCUT2D eigenvalue weighted by Crippen LogP contribution is 2.46. The van der Waals surface area contributed by atoms with Gasteiger partial charge in [-0.1, -0.05) is 26.8 Å². The van der Waals surface area contributed by atoms with E-state index in [0.29, 0.717) is 0 Å². The number of carbonyl (C=O) groups is 2. The molecule has 1 atom stereocenters. The zero-order valence-corrected chi connectivity index (χ0v) is 12.3. The first kappa shape index (κ1) is 16.5. The molecule has 0 bridgehead atoms. The van der Waals surface area contributed by atoms with Crippen LogP contribution >= 0.6 is 0 Å². The van der Waals surface area contributed by atoms with Crippen LogP contribution in [0.25, 0.3) is 0 Å². The number of hydrogen-bond donors (Lipinski definition) is 2. The average Bonchev–Trinajstić information content (AvgIpc) is 2.59. The van der Waals surface area contributed by atoms with E-state index < -0.39 is 46.4 Å². The summed E-state index contributed by atoms with van der Waals surface area (Å²) in [4.78, 5) is 24.1. The lowest BCUT2D eigenvalue weighted by molar-refractivity contribution is -0.148. The Morgan fingerprint density at radius 3 is 2.36 bits per heavy atom. The monoisotopic (exact) mass is 315 g/mol. The van der Waals surface area contributed by atoms with Gasteiger partial charge >= 0.3 is 6.18 Å². The van der Waals surface area contributed by atoms with Crippen LogP contribution in [0.4, 0.5) is 18.9 Å². The zero-order chi connectivity index (χ0) is 16.9. The lowest BCUT2D eigenvalue weighted by atomic mass is 9.79. The van der Waals surface area contributed by atoms with Crippen LogP contribution < -0.4 is 5.32 Å². The first-order valence-corrected chi connectivity index (χ1v) is 6.65. The Hall–Kier alpha value is -1.89. The third kappa shape index (κ3) is 2.61. The number of benzene rings is 1. The molecule has 1 heterocycles. The van der Waals surface area contributed by atoms with Gasteiger partial charge in [-0.3, -0.25) is 9.59 Å². The maximum absolute atomic E-state index is 13.1. The molecule has 1 aliphatic rings. The Bertz CT molecular complexity index is 646. The van der Waals surface area contributed by atoms with Gasteiger partial charge in [0.2, 0.25) is 0 Å². The molecule has 4 nitrogen and oxygen atoms in total. The number of anilines is 1. The van der Waals surface area contributed by atoms with Crippen molar-refractivity contribution < 1.29 is 27.9 Å². The maximum atomic E-state index is 13.1. The second-order valence-corrected chi connectivity index (χ2v) is 6.39. The molecule has 0 saturated carbocycles. The highest BCUT2D eigenvalue weighted by atomic mass is 19.4. The molecule has 1 aliphatic heterocycles. The Morgan fingerprint density at radius 1 is 1.27 bits per heavy atom. The van der Waals surface area contributed by atoms with Gasteiger partial charge in [0, 0.05) is 23.1 Å². The molecule has 2 N–H and O–H groups in total. The molecule has 120 valence electrons. The van der Waals surface area contributed by atoms with Crippen LogP contribution in [0.15, 0.2) is 18.2 Å². The summed E-state index contributed by atoms with van der Waals surface area (Å²) in [5.74, 6) is -1.52. The van der Waals surface area contributed by atoms with Crippen LogP contribution in [0.3, 0.4) is 0 Å². The number of rotatable bonds is 2. The summed E-state index contributed by atoms with van der Waals surface area (Å²) in [6.45, 7) is 4.71. The van der Waals surface area contributed by atoms with Crippen molar-refractivity contribution in [2.24, 2.45) is 5.41 Å². The Labute approximate surface area is 125 Å². The first-order chi connectivity index (χ1) is 9.87. The van der Waals surface area contributed by atoms with Crippen LogP contribution in [-0.4, -0.2) is 16.8 Å². The van der Waals surface area contributed by atoms with E-state index in [9.17, 15) is 27.9 Å². The molecule has 1 aromatic carbocycles. The van der Waals surface area contributed by atoms with Crippen LogP contribution in [0, 0.1) is 5.41 Å². The van der Waals surface area contributed by atoms with Crippen molar-refractivity contribution in [3.8, 4) is 0 Å². The first-order valence-electron chi connectivity index (χ1n) is 6.65. The number of carbonyl (C=O) groups excluding carboxylic acids is 2. The van der Waals surface area contributed by atoms with E-state index in [1.54, 1.807) is 20.8 Å². The fourth-order valence-electron chi connectivity index (χ4n) is 2.34. The minimum absolute atomic E-state index is 0.121. The predicted octanol–water partition coefficient (Wildman–Crippen LogP) is 2.85. The molecule has 1 aromatic rings. The molecule has 0 fully saturated rings. The highest BCUT2D eigenvalue weighted by molar-refractivity contribution is 6.08. The number of ketones is 1. The topological polar surface area (TPSA) is 66.4 Å². The van der Waals surface area contributed by atoms with Gasteiger partial charge in [-0.2, -0.15) is 13.2 Å². The summed E-state index contributed by atoms with van der Waals surface area (Å²) in [5, 5.41) is 12.8. The van der Waals surface area contributed by atoms with Crippen LogP contribution in [0.2, 0.25) is 0 Å². The molecule has 2 rings (SSSR count). The average molecular weight is 315 g/mol. The van der Waals surface area contributed by atoms with Crippen molar-refractivity contribution in [1.82, 2.24) is 0 Å². The molecule has 0 radical (unpaired) electrons. The summed E-state index contributed by atoms with van der Waals surface area (Å²) < 4.78 is 39.4. The summed E-state index contributed by atoms with van der Waals surface area (Å²) in [6.07, 6.45) is -5.45. The molecule has 0 unspecified atom stereocenters. The third-order valence-electron chi connectivity index (χ3n) is 3.66. The van der Waals surface area contributed by atoms with Crippen molar-refractivity contribution >= 4 is 17.4 Å². The summed E-state index contributed by atoms with van der Waals surface area (Å²) in [5.41, 5.74) is -5.21. The zero-order valence-electron chi connectivity index (χ0n) is 12.3. The molecular formula is C15H16F3NO3. The van der Waals surface area contributed by atoms with E-state index in [0.717, 1.165) is 12.1 Å². The van der Waals surface area contributed by atoms with E-state index >= 15 is 0 Å². The minimum atomic E-state index is -4.74. The van der Waals surface area contributed by atoms with Gasteiger partial charge in [-0.15, -0.1) is 0 Å². The molecule has 1 amide bonds. The van der Waals surface area contributed by atoms with Crippen molar-refractivity contribution in [3.63, 3.8) is 0 Å². The molecule has 0 aliphatic carbocycles. The van der Waals surface area contributed by atoms with E-state index in [1.165, 1.54) is 6.07 Å². The van der Waals surface area contributed by atoms with Crippen molar-refractivity contribution in [1.29, 1.82) is 0 Å². The largest absolute Gasteiger partial charge is 0.416 e. The number of hydrogen-bond acceptors (Lipinski definition) is 3. The molecule has 7 heteroatoms. The van der Waals surface area contributed by atoms with Crippen LogP contribution in [0.5, 0.6) is 0 Å². The Kier molecular flexibility index (Phi) is 3.60. The fourth-order valence-corrected chi connectivity index (χ4v) is 2.34. The molecule has 0 spiro atoms. The van der Waals surface area contributed by atoms with Gasteiger partial charge in [-0.25, -0.2) is 0 Å². The lowest BCUT2D eigenvalue weighted by Gasteiger charge is -2.26. The van der Waals surface area contributed by atoms with Crippen molar-refractivity contribution in [3.05, 3.63) is 29.3 Å². The van der Waals surface area contributed by atoms with Gasteiger partial charge in [0.15, 0.2) is 5.60 Å². The fraction of sp³-hybridized carbons (Fsp3) is 0.467. The van der Waals surface area contributed by atoms with Crippen molar-refractivity contribution in [2.75, 3.05) is 5.32 Å². The quantitative estimate of drug-likeness (QED) is 0.882. The standard InChI is InChI=1S/C15H16F3NO3/c1-13(2,3)10(20)7-14(22)11-8(15(16,17)18)5-4-6-9(11)19-12(14)21/h4-6,22H,7H2,1-3H3,(H,19,21)/t14-/m1/s1. The minimum Gasteiger partial charge on any atom is -0.375 e. The van der Waals surface area contributed by atoms with E-state index in [1.807, 2.05) is 0 Å². The molecular weight excluding hydrogens is 299 g/mol. The lowest BCUT2D eigenvalue weighted by Crippen LogP contribution is -2.40. The Balaban J connectivity index is 2.58. The second kappa shape index (κ2) is 4.81. The normalized spacial score (nSPS) is 21.5. The predicted molar refractivity (Wildman–Crippen MR) is 73.0 cm³/mol. The van der Waals surface area contributed by atoms with Gasteiger partial charge < -0.3 is 10.4 Å². The van der Waals surface area contributed by atoms with Gasteiger partial charge in [0.25, 0.3) is 5.91 Å². The van der Waals surface area contributed by atoms with Crippen molar-refractivity contribution in [2.45, 2.75) is 39.0 Å². The second-order valence-electron chi connectivity index (χ2n) is 6.39. The van der Waals surface area contributed by atoms with E-state index in [4.69, 9.17) is 0 Å². The van der Waals surface area contributed by atoms with Gasteiger partial charge in [0.1, 0.15) is 5.78 Å². The van der Waals surface area contributed by atoms with Gasteiger partial charge in [-0.05, 0) is 12.1 Å². The maximum Gasteiger partial charge on any atom is 0.416 e. The van der Waals surface area contributed by atoms with E-state index in [-0.39, 0.29) is 5.69 Å². The number of fused-ring (bicyclic) bond motifs is 1. The summed E-state index contributed by atoms with van der Waals surface area (Å²) >= 11 is 0. The number of amides is 1. The van der Waals surface area contributed by atoms with Gasteiger partial charge in [0.05, 0.1) is 5.56 Å². The van der Waals surface area contributed by atoms with Crippen LogP contribution in [-0.2, 0) is 21.4 Å². The number of Topliss-reactive ketones (excluding diaryl/α,β-unsaturated/α-hetero) is 1.